The second-order valence-corrected chi connectivity index (χ2v) is 9.29. The summed E-state index contributed by atoms with van der Waals surface area (Å²) in [6.07, 6.45) is 0. The van der Waals surface area contributed by atoms with Gasteiger partial charge in [0.2, 0.25) is 0 Å². The first-order chi connectivity index (χ1) is 13.6. The first-order valence-corrected chi connectivity index (χ1v) is 10.4. The van der Waals surface area contributed by atoms with E-state index in [1.54, 1.807) is 28.8 Å². The van der Waals surface area contributed by atoms with Gasteiger partial charge in [0.1, 0.15) is 6.54 Å². The van der Waals surface area contributed by atoms with E-state index in [9.17, 15) is 9.59 Å². The first-order valence-electron chi connectivity index (χ1n) is 8.85. The van der Waals surface area contributed by atoms with Crippen LogP contribution in [-0.4, -0.2) is 23.6 Å². The summed E-state index contributed by atoms with van der Waals surface area (Å²) in [6.45, 7) is 6.19. The minimum Gasteiger partial charge on any atom is -0.468 e. The highest BCUT2D eigenvalue weighted by Gasteiger charge is 2.17. The van der Waals surface area contributed by atoms with Gasteiger partial charge in [0.05, 0.1) is 27.4 Å². The summed E-state index contributed by atoms with van der Waals surface area (Å²) < 4.78 is 7.09. The largest absolute Gasteiger partial charge is 0.468 e. The standard InChI is InChI=1S/C21H20Cl2N2O3S/c1-21(2,3)13-7-5-12(6-8-13)19(27)24-20-25(11-16(26)28-4)18-15(29-20)10-9-14(22)17(18)23/h5-10H,11H2,1-4H3. The topological polar surface area (TPSA) is 60.7 Å². The van der Waals surface area contributed by atoms with Gasteiger partial charge < -0.3 is 9.30 Å². The van der Waals surface area contributed by atoms with E-state index in [2.05, 4.69) is 25.8 Å². The Morgan fingerprint density at radius 2 is 1.76 bits per heavy atom. The van der Waals surface area contributed by atoms with Crippen molar-refractivity contribution in [1.29, 1.82) is 0 Å². The zero-order chi connectivity index (χ0) is 21.3. The summed E-state index contributed by atoms with van der Waals surface area (Å²) in [5, 5.41) is 0.652. The molecule has 0 saturated heterocycles. The van der Waals surface area contributed by atoms with Crippen molar-refractivity contribution < 1.29 is 14.3 Å². The number of carbonyl (C=O) groups is 2. The third-order valence-corrected chi connectivity index (χ3v) is 6.28. The number of nitrogens with zero attached hydrogens (tertiary/aromatic N) is 2. The normalized spacial score (nSPS) is 12.4. The average molecular weight is 451 g/mol. The summed E-state index contributed by atoms with van der Waals surface area (Å²) in [5.74, 6) is -0.887. The molecule has 8 heteroatoms. The maximum Gasteiger partial charge on any atom is 0.325 e. The molecular formula is C21H20Cl2N2O3S. The Kier molecular flexibility index (Phi) is 6.17. The number of esters is 1. The van der Waals surface area contributed by atoms with Gasteiger partial charge >= 0.3 is 5.97 Å². The van der Waals surface area contributed by atoms with Gasteiger partial charge in [-0.1, -0.05) is 67.4 Å². The molecule has 0 radical (unpaired) electrons. The van der Waals surface area contributed by atoms with Crippen molar-refractivity contribution in [2.75, 3.05) is 7.11 Å². The van der Waals surface area contributed by atoms with E-state index in [0.29, 0.717) is 25.9 Å². The van der Waals surface area contributed by atoms with Gasteiger partial charge in [0, 0.05) is 5.56 Å². The highest BCUT2D eigenvalue weighted by molar-refractivity contribution is 7.16. The van der Waals surface area contributed by atoms with Crippen LogP contribution in [0.3, 0.4) is 0 Å². The zero-order valence-corrected chi connectivity index (χ0v) is 18.8. The molecule has 0 spiro atoms. The van der Waals surface area contributed by atoms with Crippen LogP contribution in [0.25, 0.3) is 10.2 Å². The molecule has 5 nitrogen and oxygen atoms in total. The predicted octanol–water partition coefficient (Wildman–Crippen LogP) is 5.22. The van der Waals surface area contributed by atoms with Crippen LogP contribution in [0.4, 0.5) is 0 Å². The van der Waals surface area contributed by atoms with Gasteiger partial charge in [0.15, 0.2) is 4.80 Å². The van der Waals surface area contributed by atoms with Crippen molar-refractivity contribution in [2.45, 2.75) is 32.7 Å². The summed E-state index contributed by atoms with van der Waals surface area (Å²) in [4.78, 5) is 29.3. The van der Waals surface area contributed by atoms with E-state index in [-0.39, 0.29) is 12.0 Å². The second kappa shape index (κ2) is 8.30. The molecule has 3 rings (SSSR count). The van der Waals surface area contributed by atoms with Gasteiger partial charge in [-0.15, -0.1) is 0 Å². The summed E-state index contributed by atoms with van der Waals surface area (Å²) in [6, 6.07) is 10.8. The van der Waals surface area contributed by atoms with Gasteiger partial charge in [-0.2, -0.15) is 4.99 Å². The second-order valence-electron chi connectivity index (χ2n) is 7.50. The number of fused-ring (bicyclic) bond motifs is 1. The van der Waals surface area contributed by atoms with Crippen molar-refractivity contribution in [1.82, 2.24) is 4.57 Å². The minimum absolute atomic E-state index is 0.0102. The lowest BCUT2D eigenvalue weighted by atomic mass is 9.87. The van der Waals surface area contributed by atoms with E-state index in [0.717, 1.165) is 10.3 Å². The molecule has 29 heavy (non-hydrogen) atoms. The lowest BCUT2D eigenvalue weighted by molar-refractivity contribution is -0.141. The fourth-order valence-electron chi connectivity index (χ4n) is 2.79. The van der Waals surface area contributed by atoms with E-state index in [4.69, 9.17) is 27.9 Å². The number of ether oxygens (including phenoxy) is 1. The molecule has 152 valence electrons. The zero-order valence-electron chi connectivity index (χ0n) is 16.5. The molecular weight excluding hydrogens is 431 g/mol. The van der Waals surface area contributed by atoms with Gasteiger partial charge in [0.25, 0.3) is 5.91 Å². The third-order valence-electron chi connectivity index (χ3n) is 4.44. The van der Waals surface area contributed by atoms with Crippen LogP contribution in [-0.2, 0) is 21.5 Å². The maximum atomic E-state index is 12.8. The number of hydrogen-bond acceptors (Lipinski definition) is 4. The lowest BCUT2D eigenvalue weighted by Gasteiger charge is -2.18. The van der Waals surface area contributed by atoms with Crippen molar-refractivity contribution in [2.24, 2.45) is 4.99 Å². The Hall–Kier alpha value is -2.15. The third kappa shape index (κ3) is 4.55. The van der Waals surface area contributed by atoms with Gasteiger partial charge in [-0.05, 0) is 35.2 Å². The predicted molar refractivity (Wildman–Crippen MR) is 117 cm³/mol. The lowest BCUT2D eigenvalue weighted by Crippen LogP contribution is -2.22. The number of amides is 1. The van der Waals surface area contributed by atoms with Crippen LogP contribution in [0.2, 0.25) is 10.0 Å². The monoisotopic (exact) mass is 450 g/mol. The van der Waals surface area contributed by atoms with Gasteiger partial charge in [-0.25, -0.2) is 0 Å². The Morgan fingerprint density at radius 1 is 1.10 bits per heavy atom. The average Bonchev–Trinajstić information content (AvgIpc) is 3.01. The van der Waals surface area contributed by atoms with E-state index in [1.807, 2.05) is 12.1 Å². The quantitative estimate of drug-likeness (QED) is 0.513. The number of methoxy groups -OCH3 is 1. The molecule has 1 aromatic heterocycles. The molecule has 0 saturated carbocycles. The summed E-state index contributed by atoms with van der Waals surface area (Å²) >= 11 is 13.8. The van der Waals surface area contributed by atoms with Crippen molar-refractivity contribution in [3.8, 4) is 0 Å². The van der Waals surface area contributed by atoms with Crippen LogP contribution in [0.1, 0.15) is 36.7 Å². The Balaban J connectivity index is 2.11. The number of hydrogen-bond donors (Lipinski definition) is 0. The number of benzene rings is 2. The van der Waals surface area contributed by atoms with Crippen LogP contribution in [0.15, 0.2) is 41.4 Å². The number of halogens is 2. The molecule has 1 amide bonds. The molecule has 0 fully saturated rings. The number of thiazole rings is 1. The molecule has 3 aromatic rings. The van der Waals surface area contributed by atoms with E-state index in [1.165, 1.54) is 18.4 Å². The van der Waals surface area contributed by atoms with Gasteiger partial charge in [-0.3, -0.25) is 9.59 Å². The molecule has 0 N–H and O–H groups in total. The van der Waals surface area contributed by atoms with E-state index >= 15 is 0 Å². The summed E-state index contributed by atoms with van der Waals surface area (Å²) in [7, 11) is 1.30. The number of carbonyl (C=O) groups excluding carboxylic acids is 2. The number of aromatic nitrogens is 1. The van der Waals surface area contributed by atoms with Crippen molar-refractivity contribution in [3.05, 3.63) is 62.4 Å². The smallest absolute Gasteiger partial charge is 0.325 e. The fraction of sp³-hybridized carbons (Fsp3) is 0.286. The minimum atomic E-state index is -0.482. The molecule has 1 heterocycles. The Labute approximate surface area is 182 Å². The molecule has 0 atom stereocenters. The highest BCUT2D eigenvalue weighted by atomic mass is 35.5. The van der Waals surface area contributed by atoms with Crippen LogP contribution in [0, 0.1) is 0 Å². The van der Waals surface area contributed by atoms with Crippen LogP contribution in [0.5, 0.6) is 0 Å². The highest BCUT2D eigenvalue weighted by Crippen LogP contribution is 2.32. The van der Waals surface area contributed by atoms with Crippen molar-refractivity contribution in [3.63, 3.8) is 0 Å². The molecule has 0 aliphatic carbocycles. The molecule has 2 aromatic carbocycles. The Bertz CT molecular complexity index is 1160. The molecule has 0 bridgehead atoms. The first kappa shape index (κ1) is 21.6. The maximum absolute atomic E-state index is 12.8. The fourth-order valence-corrected chi connectivity index (χ4v) is 4.30. The summed E-state index contributed by atoms with van der Waals surface area (Å²) in [5.41, 5.74) is 2.12. The van der Waals surface area contributed by atoms with Crippen LogP contribution >= 0.6 is 34.5 Å². The molecule has 0 aliphatic rings. The van der Waals surface area contributed by atoms with E-state index < -0.39 is 11.9 Å². The molecule has 0 aliphatic heterocycles. The molecule has 0 unspecified atom stereocenters. The SMILES string of the molecule is COC(=O)Cn1c(=NC(=O)c2ccc(C(C)(C)C)cc2)sc2ccc(Cl)c(Cl)c21. The number of rotatable bonds is 3. The van der Waals surface area contributed by atoms with Crippen molar-refractivity contribution >= 4 is 56.6 Å². The van der Waals surface area contributed by atoms with Crippen LogP contribution < -0.4 is 4.80 Å². The Morgan fingerprint density at radius 3 is 2.34 bits per heavy atom.